The predicted molar refractivity (Wildman–Crippen MR) is 103 cm³/mol. The Bertz CT molecular complexity index is 709. The lowest BCUT2D eigenvalue weighted by Gasteiger charge is -2.29. The molecule has 134 valence electrons. The molecule has 1 fully saturated rings. The van der Waals surface area contributed by atoms with Crippen LogP contribution in [0.4, 0.5) is 10.6 Å². The predicted octanol–water partition coefficient (Wildman–Crippen LogP) is 4.00. The molecule has 0 spiro atoms. The van der Waals surface area contributed by atoms with E-state index in [1.165, 1.54) is 29.0 Å². The van der Waals surface area contributed by atoms with Crippen molar-refractivity contribution < 1.29 is 4.79 Å². The van der Waals surface area contributed by atoms with Gasteiger partial charge in [0.15, 0.2) is 0 Å². The second-order valence-electron chi connectivity index (χ2n) is 6.53. The number of aryl methyl sites for hydroxylation is 1. The maximum atomic E-state index is 12.2. The lowest BCUT2D eigenvalue weighted by molar-refractivity contribution is 0.237. The van der Waals surface area contributed by atoms with Crippen molar-refractivity contribution in [1.82, 2.24) is 15.6 Å². The molecule has 3 rings (SSSR count). The highest BCUT2D eigenvalue weighted by Crippen LogP contribution is 2.23. The van der Waals surface area contributed by atoms with Crippen molar-refractivity contribution in [3.8, 4) is 0 Å². The van der Waals surface area contributed by atoms with Crippen molar-refractivity contribution in [2.45, 2.75) is 45.7 Å². The van der Waals surface area contributed by atoms with E-state index in [4.69, 9.17) is 0 Å². The van der Waals surface area contributed by atoms with Crippen LogP contribution in [-0.4, -0.2) is 24.1 Å². The molecule has 2 aromatic rings. The van der Waals surface area contributed by atoms with E-state index in [-0.39, 0.29) is 12.1 Å². The molecule has 1 saturated heterocycles. The molecular weight excluding hydrogens is 332 g/mol. The average Bonchev–Trinajstić information content (AvgIpc) is 3.07. The SMILES string of the molecule is Cc1ccc(C(C)NC(=O)NCc2cccnc2N2CCCCC2)s1. The van der Waals surface area contributed by atoms with Gasteiger partial charge in [0.05, 0.1) is 6.04 Å². The molecule has 1 aliphatic rings. The van der Waals surface area contributed by atoms with Crippen molar-refractivity contribution in [3.63, 3.8) is 0 Å². The first kappa shape index (κ1) is 17.7. The lowest BCUT2D eigenvalue weighted by atomic mass is 10.1. The summed E-state index contributed by atoms with van der Waals surface area (Å²) in [5.41, 5.74) is 1.07. The Morgan fingerprint density at radius 1 is 1.28 bits per heavy atom. The Hall–Kier alpha value is -2.08. The molecule has 0 aliphatic carbocycles. The fourth-order valence-corrected chi connectivity index (χ4v) is 4.02. The van der Waals surface area contributed by atoms with Crippen molar-refractivity contribution in [1.29, 1.82) is 0 Å². The molecule has 1 aliphatic heterocycles. The minimum absolute atomic E-state index is 0.00848. The van der Waals surface area contributed by atoms with Crippen LogP contribution in [0.1, 0.15) is 47.5 Å². The smallest absolute Gasteiger partial charge is 0.315 e. The van der Waals surface area contributed by atoms with E-state index in [1.54, 1.807) is 11.3 Å². The Morgan fingerprint density at radius 2 is 2.08 bits per heavy atom. The highest BCUT2D eigenvalue weighted by Gasteiger charge is 2.16. The maximum absolute atomic E-state index is 12.2. The molecule has 1 unspecified atom stereocenters. The Kier molecular flexibility index (Phi) is 5.91. The van der Waals surface area contributed by atoms with Crippen LogP contribution in [0, 0.1) is 6.92 Å². The van der Waals surface area contributed by atoms with Crippen LogP contribution in [0.5, 0.6) is 0 Å². The van der Waals surface area contributed by atoms with Crippen LogP contribution in [-0.2, 0) is 6.54 Å². The van der Waals surface area contributed by atoms with Gasteiger partial charge in [-0.3, -0.25) is 0 Å². The molecule has 25 heavy (non-hydrogen) atoms. The highest BCUT2D eigenvalue weighted by molar-refractivity contribution is 7.12. The zero-order valence-corrected chi connectivity index (χ0v) is 15.7. The number of rotatable bonds is 5. The van der Waals surface area contributed by atoms with E-state index in [0.717, 1.165) is 24.5 Å². The van der Waals surface area contributed by atoms with Gasteiger partial charge < -0.3 is 15.5 Å². The number of hydrogen-bond acceptors (Lipinski definition) is 4. The largest absolute Gasteiger partial charge is 0.356 e. The first-order valence-electron chi connectivity index (χ1n) is 8.93. The molecule has 6 heteroatoms. The molecule has 0 saturated carbocycles. The van der Waals surface area contributed by atoms with Crippen molar-refractivity contribution >= 4 is 23.2 Å². The van der Waals surface area contributed by atoms with Crippen LogP contribution in [0.25, 0.3) is 0 Å². The summed E-state index contributed by atoms with van der Waals surface area (Å²) in [4.78, 5) is 21.5. The van der Waals surface area contributed by atoms with E-state index in [1.807, 2.05) is 25.3 Å². The molecule has 0 aromatic carbocycles. The average molecular weight is 359 g/mol. The summed E-state index contributed by atoms with van der Waals surface area (Å²) in [6.45, 7) is 6.66. The minimum Gasteiger partial charge on any atom is -0.356 e. The van der Waals surface area contributed by atoms with Gasteiger partial charge in [0.25, 0.3) is 0 Å². The number of nitrogens with one attached hydrogen (secondary N) is 2. The van der Waals surface area contributed by atoms with Gasteiger partial charge in [-0.15, -0.1) is 11.3 Å². The normalized spacial score (nSPS) is 15.7. The quantitative estimate of drug-likeness (QED) is 0.849. The van der Waals surface area contributed by atoms with Gasteiger partial charge in [0.2, 0.25) is 0 Å². The number of urea groups is 1. The summed E-state index contributed by atoms with van der Waals surface area (Å²) in [5.74, 6) is 1.00. The number of pyridine rings is 1. The second-order valence-corrected chi connectivity index (χ2v) is 7.85. The van der Waals surface area contributed by atoms with Crippen LogP contribution < -0.4 is 15.5 Å². The summed E-state index contributed by atoms with van der Waals surface area (Å²) in [6, 6.07) is 7.99. The topological polar surface area (TPSA) is 57.3 Å². The zero-order valence-electron chi connectivity index (χ0n) is 14.9. The third kappa shape index (κ3) is 4.72. The third-order valence-corrected chi connectivity index (χ3v) is 5.68. The minimum atomic E-state index is -0.146. The third-order valence-electron chi connectivity index (χ3n) is 4.50. The number of aromatic nitrogens is 1. The van der Waals surface area contributed by atoms with E-state index < -0.39 is 0 Å². The second kappa shape index (κ2) is 8.34. The van der Waals surface area contributed by atoms with Gasteiger partial charge in [0.1, 0.15) is 5.82 Å². The number of carbonyl (C=O) groups is 1. The number of hydrogen-bond donors (Lipinski definition) is 2. The van der Waals surface area contributed by atoms with E-state index in [9.17, 15) is 4.79 Å². The van der Waals surface area contributed by atoms with Crippen LogP contribution >= 0.6 is 11.3 Å². The van der Waals surface area contributed by atoms with Gasteiger partial charge in [-0.2, -0.15) is 0 Å². The number of piperidine rings is 1. The Balaban J connectivity index is 1.57. The van der Waals surface area contributed by atoms with Crippen molar-refractivity contribution in [2.24, 2.45) is 0 Å². The summed E-state index contributed by atoms with van der Waals surface area (Å²) in [5, 5.41) is 5.98. The zero-order chi connectivity index (χ0) is 17.6. The molecule has 2 N–H and O–H groups in total. The summed E-state index contributed by atoms with van der Waals surface area (Å²) in [7, 11) is 0. The molecule has 0 radical (unpaired) electrons. The van der Waals surface area contributed by atoms with Gasteiger partial charge in [-0.25, -0.2) is 9.78 Å². The van der Waals surface area contributed by atoms with Gasteiger partial charge >= 0.3 is 6.03 Å². The van der Waals surface area contributed by atoms with E-state index in [2.05, 4.69) is 39.6 Å². The fourth-order valence-electron chi connectivity index (χ4n) is 3.14. The van der Waals surface area contributed by atoms with Crippen molar-refractivity contribution in [3.05, 3.63) is 45.8 Å². The molecular formula is C19H26N4OS. The van der Waals surface area contributed by atoms with Crippen molar-refractivity contribution in [2.75, 3.05) is 18.0 Å². The monoisotopic (exact) mass is 358 g/mol. The van der Waals surface area contributed by atoms with Crippen LogP contribution in [0.2, 0.25) is 0 Å². The molecule has 1 atom stereocenters. The first-order chi connectivity index (χ1) is 12.1. The number of thiophene rings is 1. The first-order valence-corrected chi connectivity index (χ1v) is 9.74. The fraction of sp³-hybridized carbons (Fsp3) is 0.474. The molecule has 2 aromatic heterocycles. The highest BCUT2D eigenvalue weighted by atomic mass is 32.1. The van der Waals surface area contributed by atoms with E-state index >= 15 is 0 Å². The number of anilines is 1. The molecule has 2 amide bonds. The lowest BCUT2D eigenvalue weighted by Crippen LogP contribution is -2.37. The molecule has 5 nitrogen and oxygen atoms in total. The molecule has 3 heterocycles. The van der Waals surface area contributed by atoms with Gasteiger partial charge in [-0.05, 0) is 51.3 Å². The Morgan fingerprint density at radius 3 is 2.80 bits per heavy atom. The maximum Gasteiger partial charge on any atom is 0.315 e. The summed E-state index contributed by atoms with van der Waals surface area (Å²) >= 11 is 1.71. The molecule has 0 bridgehead atoms. The number of amides is 2. The van der Waals surface area contributed by atoms with Crippen LogP contribution in [0.3, 0.4) is 0 Å². The van der Waals surface area contributed by atoms with Gasteiger partial charge in [-0.1, -0.05) is 6.07 Å². The van der Waals surface area contributed by atoms with Gasteiger partial charge in [0, 0.05) is 41.1 Å². The summed E-state index contributed by atoms with van der Waals surface area (Å²) < 4.78 is 0. The Labute approximate surface area is 153 Å². The number of carbonyl (C=O) groups excluding carboxylic acids is 1. The van der Waals surface area contributed by atoms with E-state index in [0.29, 0.717) is 6.54 Å². The van der Waals surface area contributed by atoms with Crippen LogP contribution in [0.15, 0.2) is 30.5 Å². The summed E-state index contributed by atoms with van der Waals surface area (Å²) in [6.07, 6.45) is 5.54. The number of nitrogens with zero attached hydrogens (tertiary/aromatic N) is 2. The standard InChI is InChI=1S/C19H26N4OS/c1-14-8-9-17(25-14)15(2)22-19(24)21-13-16-7-6-10-20-18(16)23-11-4-3-5-12-23/h6-10,15H,3-5,11-13H2,1-2H3,(H2,21,22,24).